The van der Waals surface area contributed by atoms with Crippen molar-refractivity contribution < 1.29 is 34.0 Å². The molecule has 5 unspecified atom stereocenters. The molecule has 0 radical (unpaired) electrons. The second-order valence-corrected chi connectivity index (χ2v) is 13.6. The molecule has 6 aliphatic rings. The minimum atomic E-state index is -0.670. The minimum absolute atomic E-state index is 0.166. The number of esters is 1. The maximum Gasteiger partial charge on any atom is 0.331 e. The van der Waals surface area contributed by atoms with Gasteiger partial charge in [0.05, 0.1) is 23.9 Å². The van der Waals surface area contributed by atoms with E-state index in [4.69, 9.17) is 18.9 Å². The molecule has 7 heteroatoms. The van der Waals surface area contributed by atoms with Gasteiger partial charge in [0, 0.05) is 25.0 Å². The molecule has 0 aromatic carbocycles. The van der Waals surface area contributed by atoms with Crippen LogP contribution in [0, 0.1) is 34.5 Å². The summed E-state index contributed by atoms with van der Waals surface area (Å²) in [4.78, 5) is 11.8. The molecule has 12 atom stereocenters. The van der Waals surface area contributed by atoms with Crippen molar-refractivity contribution in [3.05, 3.63) is 11.6 Å². The summed E-state index contributed by atoms with van der Waals surface area (Å²) in [6.07, 6.45) is 10.2. The molecule has 4 saturated carbocycles. The van der Waals surface area contributed by atoms with E-state index in [0.29, 0.717) is 30.8 Å². The number of hydrogen-bond acceptors (Lipinski definition) is 7. The van der Waals surface area contributed by atoms with E-state index in [-0.39, 0.29) is 47.3 Å². The zero-order chi connectivity index (χ0) is 26.2. The largest absolute Gasteiger partial charge is 0.458 e. The Bertz CT molecular complexity index is 935. The maximum absolute atomic E-state index is 12.4. The molecule has 0 amide bonds. The fraction of sp³-hybridized carbons (Fsp3) is 0.900. The zero-order valence-corrected chi connectivity index (χ0v) is 23.0. The molecule has 37 heavy (non-hydrogen) atoms. The molecule has 2 heterocycles. The third-order valence-electron chi connectivity index (χ3n) is 12.2. The van der Waals surface area contributed by atoms with E-state index in [1.54, 1.807) is 13.2 Å². The molecule has 7 nitrogen and oxygen atoms in total. The lowest BCUT2D eigenvalue weighted by atomic mass is 9.43. The number of fused-ring (bicyclic) bond motifs is 5. The lowest BCUT2D eigenvalue weighted by molar-refractivity contribution is -0.273. The van der Waals surface area contributed by atoms with Gasteiger partial charge in [-0.3, -0.25) is 0 Å². The molecule has 0 aromatic rings. The van der Waals surface area contributed by atoms with Crippen LogP contribution in [0.15, 0.2) is 11.6 Å². The molecule has 2 aliphatic heterocycles. The van der Waals surface area contributed by atoms with Gasteiger partial charge in [0.2, 0.25) is 0 Å². The third kappa shape index (κ3) is 3.97. The Morgan fingerprint density at radius 1 is 1.03 bits per heavy atom. The Labute approximate surface area is 221 Å². The highest BCUT2D eigenvalue weighted by molar-refractivity contribution is 5.85. The fourth-order valence-corrected chi connectivity index (χ4v) is 10.0. The standard InChI is InChI=1S/C30H46O7/c1-17-27(32)24(34-4)15-26(36-17)37-20-7-10-28(2)19(14-20)5-6-23-22(28)8-11-29(3)21(9-12-30(23,29)33)18-13-25(31)35-16-18/h13,17,19-24,26-27,32-33H,5-12,14-16H2,1-4H3/t17-,19-,20+,21?,22?,23?,24+,26+,27+,28?,29?,30+/m1/s1. The van der Waals surface area contributed by atoms with Gasteiger partial charge in [-0.05, 0) is 99.4 Å². The number of rotatable bonds is 4. The maximum atomic E-state index is 12.4. The van der Waals surface area contributed by atoms with Gasteiger partial charge in [-0.25, -0.2) is 4.79 Å². The van der Waals surface area contributed by atoms with Crippen LogP contribution in [0.4, 0.5) is 0 Å². The molecule has 208 valence electrons. The summed E-state index contributed by atoms with van der Waals surface area (Å²) in [6, 6.07) is 0. The number of cyclic esters (lactones) is 1. The van der Waals surface area contributed by atoms with E-state index in [2.05, 4.69) is 13.8 Å². The highest BCUT2D eigenvalue weighted by Gasteiger charge is 2.67. The molecule has 0 aromatic heterocycles. The van der Waals surface area contributed by atoms with Gasteiger partial charge < -0.3 is 29.2 Å². The van der Waals surface area contributed by atoms with Gasteiger partial charge in [-0.15, -0.1) is 0 Å². The second-order valence-electron chi connectivity index (χ2n) is 13.6. The van der Waals surface area contributed by atoms with Crippen LogP contribution in [-0.4, -0.2) is 66.2 Å². The highest BCUT2D eigenvalue weighted by Crippen LogP contribution is 2.70. The Kier molecular flexibility index (Phi) is 6.59. The first-order chi connectivity index (χ1) is 17.6. The van der Waals surface area contributed by atoms with Crippen LogP contribution in [0.5, 0.6) is 0 Å². The van der Waals surface area contributed by atoms with Crippen LogP contribution in [0.25, 0.3) is 0 Å². The molecule has 0 bridgehead atoms. The van der Waals surface area contributed by atoms with Gasteiger partial charge in [0.15, 0.2) is 6.29 Å². The van der Waals surface area contributed by atoms with Crippen molar-refractivity contribution in [2.24, 2.45) is 34.5 Å². The molecular formula is C30H46O7. The van der Waals surface area contributed by atoms with Gasteiger partial charge >= 0.3 is 5.97 Å². The van der Waals surface area contributed by atoms with Crippen LogP contribution < -0.4 is 0 Å². The van der Waals surface area contributed by atoms with E-state index in [1.165, 1.54) is 0 Å². The number of carbonyl (C=O) groups is 1. The van der Waals surface area contributed by atoms with Gasteiger partial charge in [0.1, 0.15) is 12.7 Å². The first-order valence-electron chi connectivity index (χ1n) is 14.7. The van der Waals surface area contributed by atoms with Crippen LogP contribution in [0.1, 0.15) is 85.0 Å². The molecule has 6 rings (SSSR count). The summed E-state index contributed by atoms with van der Waals surface area (Å²) in [6.45, 7) is 7.07. The quantitative estimate of drug-likeness (QED) is 0.427. The van der Waals surface area contributed by atoms with Crippen molar-refractivity contribution in [1.29, 1.82) is 0 Å². The molecular weight excluding hydrogens is 472 g/mol. The van der Waals surface area contributed by atoms with Crippen molar-refractivity contribution in [3.8, 4) is 0 Å². The summed E-state index contributed by atoms with van der Waals surface area (Å²) in [7, 11) is 1.64. The van der Waals surface area contributed by atoms with E-state index in [0.717, 1.165) is 63.4 Å². The smallest absolute Gasteiger partial charge is 0.331 e. The van der Waals surface area contributed by atoms with Crippen LogP contribution in [-0.2, 0) is 23.7 Å². The Balaban J connectivity index is 1.15. The fourth-order valence-electron chi connectivity index (χ4n) is 10.0. The van der Waals surface area contributed by atoms with Crippen LogP contribution in [0.3, 0.4) is 0 Å². The second kappa shape index (κ2) is 9.29. The van der Waals surface area contributed by atoms with Crippen molar-refractivity contribution in [1.82, 2.24) is 0 Å². The Hall–Kier alpha value is -0.990. The molecule has 0 spiro atoms. The summed E-state index contributed by atoms with van der Waals surface area (Å²) in [5.41, 5.74) is 0.461. The van der Waals surface area contributed by atoms with Crippen molar-refractivity contribution in [3.63, 3.8) is 0 Å². The summed E-state index contributed by atoms with van der Waals surface area (Å²) >= 11 is 0. The van der Waals surface area contributed by atoms with E-state index >= 15 is 0 Å². The molecule has 2 N–H and O–H groups in total. The topological polar surface area (TPSA) is 94.5 Å². The average molecular weight is 519 g/mol. The normalized spacial score (nSPS) is 53.6. The predicted octanol–water partition coefficient (Wildman–Crippen LogP) is 4.14. The average Bonchev–Trinajstić information content (AvgIpc) is 3.41. The highest BCUT2D eigenvalue weighted by atomic mass is 16.7. The third-order valence-corrected chi connectivity index (χ3v) is 12.2. The minimum Gasteiger partial charge on any atom is -0.458 e. The molecule has 1 saturated heterocycles. The summed E-state index contributed by atoms with van der Waals surface area (Å²) in [5, 5.41) is 22.7. The Morgan fingerprint density at radius 3 is 2.57 bits per heavy atom. The van der Waals surface area contributed by atoms with E-state index in [1.807, 2.05) is 6.92 Å². The van der Waals surface area contributed by atoms with Crippen molar-refractivity contribution in [2.75, 3.05) is 13.7 Å². The Morgan fingerprint density at radius 2 is 1.84 bits per heavy atom. The van der Waals surface area contributed by atoms with E-state index in [9.17, 15) is 15.0 Å². The lowest BCUT2D eigenvalue weighted by Crippen LogP contribution is -2.62. The van der Waals surface area contributed by atoms with E-state index < -0.39 is 11.7 Å². The summed E-state index contributed by atoms with van der Waals surface area (Å²) < 4.78 is 23.2. The number of aliphatic hydroxyl groups excluding tert-OH is 1. The first-order valence-corrected chi connectivity index (χ1v) is 14.7. The zero-order valence-electron chi connectivity index (χ0n) is 23.0. The van der Waals surface area contributed by atoms with Crippen molar-refractivity contribution in [2.45, 2.75) is 121 Å². The van der Waals surface area contributed by atoms with Crippen molar-refractivity contribution >= 4 is 5.97 Å². The number of aliphatic hydroxyl groups is 2. The van der Waals surface area contributed by atoms with Gasteiger partial charge in [-0.2, -0.15) is 0 Å². The van der Waals surface area contributed by atoms with Crippen LogP contribution >= 0.6 is 0 Å². The number of ether oxygens (including phenoxy) is 4. The number of carbonyl (C=O) groups excluding carboxylic acids is 1. The van der Waals surface area contributed by atoms with Gasteiger partial charge in [0.25, 0.3) is 0 Å². The number of hydrogen-bond donors (Lipinski definition) is 2. The molecule has 5 fully saturated rings. The summed E-state index contributed by atoms with van der Waals surface area (Å²) in [5.74, 6) is 1.45. The monoisotopic (exact) mass is 518 g/mol. The lowest BCUT2D eigenvalue weighted by Gasteiger charge is -2.64. The number of methoxy groups -OCH3 is 1. The SMILES string of the molecule is CO[C@H]1C[C@H](O[C@H]2CCC3(C)C4CCC5(C)C(C6=CC(=O)OC6)CC[C@]5(O)C4CC[C@@H]3C2)O[C@H](C)[C@@H]1O. The molecule has 4 aliphatic carbocycles. The van der Waals surface area contributed by atoms with Gasteiger partial charge in [-0.1, -0.05) is 13.8 Å². The van der Waals surface area contributed by atoms with Crippen LogP contribution in [0.2, 0.25) is 0 Å². The first kappa shape index (κ1) is 26.2. The predicted molar refractivity (Wildman–Crippen MR) is 136 cm³/mol.